The SMILES string of the molecule is CCNc1c(CN(C)C(CC)CC)cccc1[N+](=O)[O-]. The molecule has 0 heterocycles. The van der Waals surface area contributed by atoms with Gasteiger partial charge in [0.25, 0.3) is 5.69 Å². The van der Waals surface area contributed by atoms with Gasteiger partial charge < -0.3 is 5.32 Å². The van der Waals surface area contributed by atoms with Crippen LogP contribution in [0.2, 0.25) is 0 Å². The molecule has 0 unspecified atom stereocenters. The zero-order valence-corrected chi connectivity index (χ0v) is 12.8. The highest BCUT2D eigenvalue weighted by atomic mass is 16.6. The molecule has 5 heteroatoms. The third-order valence-corrected chi connectivity index (χ3v) is 3.66. The molecule has 0 atom stereocenters. The van der Waals surface area contributed by atoms with Crippen molar-refractivity contribution in [3.8, 4) is 0 Å². The number of hydrogen-bond donors (Lipinski definition) is 1. The number of nitro benzene ring substituents is 1. The van der Waals surface area contributed by atoms with Gasteiger partial charge in [-0.2, -0.15) is 0 Å². The second-order valence-corrected chi connectivity index (χ2v) is 4.98. The van der Waals surface area contributed by atoms with E-state index < -0.39 is 0 Å². The summed E-state index contributed by atoms with van der Waals surface area (Å²) in [5, 5.41) is 14.3. The molecule has 0 aliphatic carbocycles. The molecular formula is C15H25N3O2. The van der Waals surface area contributed by atoms with Gasteiger partial charge in [-0.05, 0) is 32.4 Å². The Morgan fingerprint density at radius 3 is 2.45 bits per heavy atom. The minimum atomic E-state index is -0.321. The summed E-state index contributed by atoms with van der Waals surface area (Å²) >= 11 is 0. The topological polar surface area (TPSA) is 58.4 Å². The van der Waals surface area contributed by atoms with E-state index in [-0.39, 0.29) is 10.6 Å². The number of benzene rings is 1. The summed E-state index contributed by atoms with van der Waals surface area (Å²) < 4.78 is 0. The smallest absolute Gasteiger partial charge is 0.292 e. The Morgan fingerprint density at radius 1 is 1.30 bits per heavy atom. The van der Waals surface area contributed by atoms with Crippen LogP contribution in [0.4, 0.5) is 11.4 Å². The van der Waals surface area contributed by atoms with Crippen molar-refractivity contribution >= 4 is 11.4 Å². The molecule has 0 amide bonds. The molecule has 0 spiro atoms. The quantitative estimate of drug-likeness (QED) is 0.583. The lowest BCUT2D eigenvalue weighted by Crippen LogP contribution is -2.30. The minimum absolute atomic E-state index is 0.155. The molecule has 0 saturated carbocycles. The van der Waals surface area contributed by atoms with E-state index in [4.69, 9.17) is 0 Å². The molecule has 112 valence electrons. The van der Waals surface area contributed by atoms with E-state index in [1.54, 1.807) is 12.1 Å². The van der Waals surface area contributed by atoms with E-state index >= 15 is 0 Å². The van der Waals surface area contributed by atoms with Crippen molar-refractivity contribution in [2.75, 3.05) is 18.9 Å². The zero-order chi connectivity index (χ0) is 15.1. The Hall–Kier alpha value is -1.62. The number of rotatable bonds is 8. The number of hydrogen-bond acceptors (Lipinski definition) is 4. The first kappa shape index (κ1) is 16.4. The van der Waals surface area contributed by atoms with Crippen molar-refractivity contribution in [1.29, 1.82) is 0 Å². The maximum atomic E-state index is 11.1. The fraction of sp³-hybridized carbons (Fsp3) is 0.600. The summed E-state index contributed by atoms with van der Waals surface area (Å²) in [7, 11) is 2.08. The summed E-state index contributed by atoms with van der Waals surface area (Å²) in [6.45, 7) is 7.68. The van der Waals surface area contributed by atoms with Gasteiger partial charge in [-0.15, -0.1) is 0 Å². The van der Waals surface area contributed by atoms with E-state index in [0.717, 1.165) is 24.9 Å². The summed E-state index contributed by atoms with van der Waals surface area (Å²) in [6.07, 6.45) is 2.16. The van der Waals surface area contributed by atoms with Crippen molar-refractivity contribution in [3.05, 3.63) is 33.9 Å². The Labute approximate surface area is 121 Å². The molecule has 20 heavy (non-hydrogen) atoms. The van der Waals surface area contributed by atoms with E-state index in [1.807, 2.05) is 13.0 Å². The van der Waals surface area contributed by atoms with Crippen LogP contribution in [0.3, 0.4) is 0 Å². The van der Waals surface area contributed by atoms with Crippen molar-refractivity contribution in [3.63, 3.8) is 0 Å². The highest BCUT2D eigenvalue weighted by molar-refractivity contribution is 5.66. The van der Waals surface area contributed by atoms with Crippen LogP contribution in [-0.4, -0.2) is 29.5 Å². The summed E-state index contributed by atoms with van der Waals surface area (Å²) in [5.74, 6) is 0. The lowest BCUT2D eigenvalue weighted by atomic mass is 10.1. The van der Waals surface area contributed by atoms with E-state index in [0.29, 0.717) is 18.3 Å². The molecule has 1 N–H and O–H groups in total. The molecule has 1 aromatic rings. The molecule has 0 radical (unpaired) electrons. The normalized spacial score (nSPS) is 11.1. The van der Waals surface area contributed by atoms with Crippen molar-refractivity contribution in [2.45, 2.75) is 46.2 Å². The Bertz CT molecular complexity index is 445. The molecular weight excluding hydrogens is 254 g/mol. The van der Waals surface area contributed by atoms with Gasteiger partial charge in [-0.1, -0.05) is 26.0 Å². The molecule has 1 rings (SSSR count). The van der Waals surface area contributed by atoms with Crippen molar-refractivity contribution in [1.82, 2.24) is 4.90 Å². The number of nitro groups is 1. The predicted molar refractivity (Wildman–Crippen MR) is 83.1 cm³/mol. The average Bonchev–Trinajstić information content (AvgIpc) is 2.42. The standard InChI is InChI=1S/C15H25N3O2/c1-5-13(6-2)17(4)11-12-9-8-10-14(18(19)20)15(12)16-7-3/h8-10,13,16H,5-7,11H2,1-4H3. The van der Waals surface area contributed by atoms with Crippen molar-refractivity contribution < 1.29 is 4.92 Å². The van der Waals surface area contributed by atoms with Gasteiger partial charge in [0, 0.05) is 25.2 Å². The van der Waals surface area contributed by atoms with Crippen LogP contribution in [0.15, 0.2) is 18.2 Å². The van der Waals surface area contributed by atoms with Gasteiger partial charge >= 0.3 is 0 Å². The number of nitrogens with one attached hydrogen (secondary N) is 1. The second-order valence-electron chi connectivity index (χ2n) is 4.98. The van der Waals surface area contributed by atoms with Crippen LogP contribution in [-0.2, 0) is 6.54 Å². The molecule has 0 saturated heterocycles. The first-order chi connectivity index (χ1) is 9.54. The van der Waals surface area contributed by atoms with Gasteiger partial charge in [0.15, 0.2) is 0 Å². The van der Waals surface area contributed by atoms with Gasteiger partial charge in [0.05, 0.1) is 4.92 Å². The largest absolute Gasteiger partial charge is 0.380 e. The first-order valence-electron chi connectivity index (χ1n) is 7.25. The first-order valence-corrected chi connectivity index (χ1v) is 7.25. The van der Waals surface area contributed by atoms with Gasteiger partial charge in [-0.3, -0.25) is 15.0 Å². The molecule has 0 bridgehead atoms. The second kappa shape index (κ2) is 7.85. The van der Waals surface area contributed by atoms with Crippen molar-refractivity contribution in [2.24, 2.45) is 0 Å². The zero-order valence-electron chi connectivity index (χ0n) is 12.8. The molecule has 0 aliphatic heterocycles. The van der Waals surface area contributed by atoms with E-state index in [2.05, 4.69) is 31.1 Å². The van der Waals surface area contributed by atoms with Gasteiger partial charge in [0.2, 0.25) is 0 Å². The Kier molecular flexibility index (Phi) is 6.45. The van der Waals surface area contributed by atoms with Gasteiger partial charge in [-0.25, -0.2) is 0 Å². The predicted octanol–water partition coefficient (Wildman–Crippen LogP) is 3.65. The Balaban J connectivity index is 3.04. The van der Waals surface area contributed by atoms with Gasteiger partial charge in [0.1, 0.15) is 5.69 Å². The summed E-state index contributed by atoms with van der Waals surface area (Å²) in [4.78, 5) is 13.1. The molecule has 5 nitrogen and oxygen atoms in total. The minimum Gasteiger partial charge on any atom is -0.380 e. The fourth-order valence-corrected chi connectivity index (χ4v) is 2.56. The number of nitrogens with zero attached hydrogens (tertiary/aromatic N) is 2. The highest BCUT2D eigenvalue weighted by Crippen LogP contribution is 2.29. The maximum Gasteiger partial charge on any atom is 0.292 e. The van der Waals surface area contributed by atoms with Crippen LogP contribution < -0.4 is 5.32 Å². The fourth-order valence-electron chi connectivity index (χ4n) is 2.56. The van der Waals surface area contributed by atoms with Crippen LogP contribution >= 0.6 is 0 Å². The summed E-state index contributed by atoms with van der Waals surface area (Å²) in [5.41, 5.74) is 1.79. The third-order valence-electron chi connectivity index (χ3n) is 3.66. The highest BCUT2D eigenvalue weighted by Gasteiger charge is 2.19. The number of para-hydroxylation sites is 1. The molecule has 0 fully saturated rings. The lowest BCUT2D eigenvalue weighted by Gasteiger charge is -2.27. The van der Waals surface area contributed by atoms with Crippen LogP contribution in [0.5, 0.6) is 0 Å². The molecule has 0 aromatic heterocycles. The van der Waals surface area contributed by atoms with E-state index in [1.165, 1.54) is 0 Å². The monoisotopic (exact) mass is 279 g/mol. The maximum absolute atomic E-state index is 11.1. The van der Waals surface area contributed by atoms with E-state index in [9.17, 15) is 10.1 Å². The average molecular weight is 279 g/mol. The number of anilines is 1. The lowest BCUT2D eigenvalue weighted by molar-refractivity contribution is -0.384. The van der Waals surface area contributed by atoms with Crippen LogP contribution in [0.25, 0.3) is 0 Å². The molecule has 0 aliphatic rings. The Morgan fingerprint density at radius 2 is 1.95 bits per heavy atom. The van der Waals surface area contributed by atoms with Crippen LogP contribution in [0, 0.1) is 10.1 Å². The summed E-state index contributed by atoms with van der Waals surface area (Å²) in [6, 6.07) is 5.78. The molecule has 1 aromatic carbocycles. The van der Waals surface area contributed by atoms with Crippen LogP contribution in [0.1, 0.15) is 39.2 Å². The third kappa shape index (κ3) is 3.93.